The van der Waals surface area contributed by atoms with E-state index in [1.54, 1.807) is 0 Å². The van der Waals surface area contributed by atoms with Crippen molar-refractivity contribution in [1.29, 1.82) is 0 Å². The maximum Gasteiger partial charge on any atom is 0.0439 e. The van der Waals surface area contributed by atoms with E-state index in [1.165, 1.54) is 16.7 Å². The minimum Gasteiger partial charge on any atom is -0.313 e. The Kier molecular flexibility index (Phi) is 5.09. The van der Waals surface area contributed by atoms with Crippen LogP contribution in [0.15, 0.2) is 36.4 Å². The van der Waals surface area contributed by atoms with Gasteiger partial charge in [0.2, 0.25) is 0 Å². The number of benzene rings is 2. The highest BCUT2D eigenvalue weighted by Crippen LogP contribution is 2.27. The lowest BCUT2D eigenvalue weighted by molar-refractivity contribution is 0.591. The van der Waals surface area contributed by atoms with Crippen molar-refractivity contribution in [3.8, 4) is 0 Å². The molecule has 1 atom stereocenters. The van der Waals surface area contributed by atoms with Crippen LogP contribution in [-0.4, -0.2) is 7.05 Å². The molecule has 0 saturated heterocycles. The Bertz CT molecular complexity index is 588. The molecular weight excluding hydrogens is 289 g/mol. The summed E-state index contributed by atoms with van der Waals surface area (Å²) in [4.78, 5) is 0. The van der Waals surface area contributed by atoms with E-state index in [-0.39, 0.29) is 6.04 Å². The topological polar surface area (TPSA) is 12.0 Å². The second kappa shape index (κ2) is 6.62. The average molecular weight is 308 g/mol. The van der Waals surface area contributed by atoms with Crippen LogP contribution in [0.3, 0.4) is 0 Å². The summed E-state index contributed by atoms with van der Waals surface area (Å²) < 4.78 is 0. The molecule has 2 aromatic carbocycles. The predicted molar refractivity (Wildman–Crippen MR) is 87.9 cm³/mol. The Morgan fingerprint density at radius 2 is 1.65 bits per heavy atom. The van der Waals surface area contributed by atoms with Crippen molar-refractivity contribution in [2.45, 2.75) is 26.3 Å². The summed E-state index contributed by atoms with van der Waals surface area (Å²) in [6.07, 6.45) is 0.818. The van der Waals surface area contributed by atoms with Gasteiger partial charge >= 0.3 is 0 Å². The van der Waals surface area contributed by atoms with E-state index in [0.717, 1.165) is 22.0 Å². The average Bonchev–Trinajstić information content (AvgIpc) is 2.38. The third kappa shape index (κ3) is 3.76. The number of aryl methyl sites for hydroxylation is 2. The second-order valence-electron chi connectivity index (χ2n) is 5.20. The molecule has 0 bridgehead atoms. The maximum absolute atomic E-state index is 6.26. The van der Waals surface area contributed by atoms with E-state index in [4.69, 9.17) is 23.2 Å². The van der Waals surface area contributed by atoms with Crippen LogP contribution in [0.25, 0.3) is 0 Å². The Morgan fingerprint density at radius 3 is 2.25 bits per heavy atom. The summed E-state index contributed by atoms with van der Waals surface area (Å²) in [6.45, 7) is 4.24. The van der Waals surface area contributed by atoms with Gasteiger partial charge in [-0.15, -0.1) is 0 Å². The number of likely N-dealkylation sites (N-methyl/N-ethyl adjacent to an activating group) is 1. The van der Waals surface area contributed by atoms with E-state index in [0.29, 0.717) is 0 Å². The number of halogens is 2. The van der Waals surface area contributed by atoms with Gasteiger partial charge < -0.3 is 5.32 Å². The van der Waals surface area contributed by atoms with Gasteiger partial charge in [-0.05, 0) is 56.6 Å². The van der Waals surface area contributed by atoms with Gasteiger partial charge in [-0.25, -0.2) is 0 Å². The molecule has 0 aromatic heterocycles. The Balaban J connectivity index is 2.30. The summed E-state index contributed by atoms with van der Waals surface area (Å²) in [5.74, 6) is 0. The van der Waals surface area contributed by atoms with Crippen molar-refractivity contribution in [2.75, 3.05) is 7.05 Å². The zero-order chi connectivity index (χ0) is 14.7. The van der Waals surface area contributed by atoms with Crippen molar-refractivity contribution in [1.82, 2.24) is 5.32 Å². The molecule has 20 heavy (non-hydrogen) atoms. The Hall–Kier alpha value is -1.02. The first-order chi connectivity index (χ1) is 9.49. The normalized spacial score (nSPS) is 12.4. The SMILES string of the molecule is CNC(Cc1cc(Cl)ccc1Cl)c1cc(C)cc(C)c1. The standard InChI is InChI=1S/C17H19Cl2N/c1-11-6-12(2)8-14(7-11)17(20-3)10-13-9-15(18)4-5-16(13)19/h4-9,17,20H,10H2,1-3H3. The zero-order valence-electron chi connectivity index (χ0n) is 12.0. The van der Waals surface area contributed by atoms with Crippen LogP contribution in [0.1, 0.15) is 28.3 Å². The molecule has 1 nitrogen and oxygen atoms in total. The molecule has 0 amide bonds. The molecule has 106 valence electrons. The van der Waals surface area contributed by atoms with Crippen LogP contribution >= 0.6 is 23.2 Å². The van der Waals surface area contributed by atoms with Gasteiger partial charge in [-0.1, -0.05) is 52.5 Å². The molecule has 2 aromatic rings. The highest BCUT2D eigenvalue weighted by molar-refractivity contribution is 6.33. The van der Waals surface area contributed by atoms with E-state index >= 15 is 0 Å². The number of nitrogens with one attached hydrogen (secondary N) is 1. The lowest BCUT2D eigenvalue weighted by atomic mass is 9.96. The van der Waals surface area contributed by atoms with Gasteiger partial charge in [-0.3, -0.25) is 0 Å². The largest absolute Gasteiger partial charge is 0.313 e. The van der Waals surface area contributed by atoms with Crippen LogP contribution < -0.4 is 5.32 Å². The molecule has 0 aliphatic carbocycles. The van der Waals surface area contributed by atoms with Crippen LogP contribution in [0.5, 0.6) is 0 Å². The van der Waals surface area contributed by atoms with Gasteiger partial charge in [0, 0.05) is 16.1 Å². The minimum atomic E-state index is 0.226. The fraction of sp³-hybridized carbons (Fsp3) is 0.294. The molecule has 0 radical (unpaired) electrons. The van der Waals surface area contributed by atoms with Gasteiger partial charge in [0.25, 0.3) is 0 Å². The lowest BCUT2D eigenvalue weighted by Crippen LogP contribution is -2.19. The van der Waals surface area contributed by atoms with Crippen molar-refractivity contribution in [3.63, 3.8) is 0 Å². The molecule has 0 heterocycles. The molecule has 0 aliphatic rings. The van der Waals surface area contributed by atoms with Crippen molar-refractivity contribution < 1.29 is 0 Å². The predicted octanol–water partition coefficient (Wildman–Crippen LogP) is 5.11. The first kappa shape index (κ1) is 15.4. The first-order valence-electron chi connectivity index (χ1n) is 6.69. The van der Waals surface area contributed by atoms with Gasteiger partial charge in [0.05, 0.1) is 0 Å². The molecule has 0 fully saturated rings. The Labute approximate surface area is 130 Å². The van der Waals surface area contributed by atoms with Crippen molar-refractivity contribution >= 4 is 23.2 Å². The Morgan fingerprint density at radius 1 is 1.00 bits per heavy atom. The molecule has 0 saturated carbocycles. The van der Waals surface area contributed by atoms with Gasteiger partial charge in [0.15, 0.2) is 0 Å². The van der Waals surface area contributed by atoms with Crippen LogP contribution in [-0.2, 0) is 6.42 Å². The fourth-order valence-electron chi connectivity index (χ4n) is 2.52. The van der Waals surface area contributed by atoms with E-state index in [2.05, 4.69) is 37.4 Å². The summed E-state index contributed by atoms with van der Waals surface area (Å²) in [5, 5.41) is 4.85. The molecule has 2 rings (SSSR count). The number of hydrogen-bond donors (Lipinski definition) is 1. The number of rotatable bonds is 4. The quantitative estimate of drug-likeness (QED) is 0.827. The summed E-state index contributed by atoms with van der Waals surface area (Å²) in [7, 11) is 1.97. The lowest BCUT2D eigenvalue weighted by Gasteiger charge is -2.19. The molecule has 0 aliphatic heterocycles. The van der Waals surface area contributed by atoms with Crippen LogP contribution in [0.2, 0.25) is 10.0 Å². The maximum atomic E-state index is 6.26. The van der Waals surface area contributed by atoms with Crippen LogP contribution in [0.4, 0.5) is 0 Å². The van der Waals surface area contributed by atoms with E-state index < -0.39 is 0 Å². The zero-order valence-corrected chi connectivity index (χ0v) is 13.5. The molecule has 3 heteroatoms. The fourth-order valence-corrected chi connectivity index (χ4v) is 2.91. The highest BCUT2D eigenvalue weighted by Gasteiger charge is 2.13. The van der Waals surface area contributed by atoms with Crippen molar-refractivity contribution in [2.24, 2.45) is 0 Å². The summed E-state index contributed by atoms with van der Waals surface area (Å²) in [5.41, 5.74) is 4.90. The third-order valence-corrected chi connectivity index (χ3v) is 4.03. The molecular formula is C17H19Cl2N. The highest BCUT2D eigenvalue weighted by atomic mass is 35.5. The first-order valence-corrected chi connectivity index (χ1v) is 7.44. The molecule has 0 spiro atoms. The minimum absolute atomic E-state index is 0.226. The summed E-state index contributed by atoms with van der Waals surface area (Å²) >= 11 is 12.3. The van der Waals surface area contributed by atoms with Crippen LogP contribution in [0, 0.1) is 13.8 Å². The monoisotopic (exact) mass is 307 g/mol. The second-order valence-corrected chi connectivity index (χ2v) is 6.05. The third-order valence-electron chi connectivity index (χ3n) is 3.43. The van der Waals surface area contributed by atoms with Gasteiger partial charge in [0.1, 0.15) is 0 Å². The smallest absolute Gasteiger partial charge is 0.0439 e. The van der Waals surface area contributed by atoms with Gasteiger partial charge in [-0.2, -0.15) is 0 Å². The van der Waals surface area contributed by atoms with Crippen molar-refractivity contribution in [3.05, 3.63) is 68.7 Å². The van der Waals surface area contributed by atoms with E-state index in [1.807, 2.05) is 25.2 Å². The van der Waals surface area contributed by atoms with E-state index in [9.17, 15) is 0 Å². The summed E-state index contributed by atoms with van der Waals surface area (Å²) in [6, 6.07) is 12.5. The number of hydrogen-bond acceptors (Lipinski definition) is 1. The molecule has 1 N–H and O–H groups in total. The molecule has 1 unspecified atom stereocenters.